The van der Waals surface area contributed by atoms with E-state index >= 15 is 0 Å². The maximum atomic E-state index is 12.1. The standard InChI is InChI=1S/C12H21N3O3/c1-9(12(17)15-5-7-18-8-6-15)14-11(16)10-3-2-4-13-10/h9-10,13H,2-8H2,1H3,(H,14,16)/t9?,10-/m0/s1. The Bertz CT molecular complexity index is 310. The zero-order valence-electron chi connectivity index (χ0n) is 10.8. The van der Waals surface area contributed by atoms with E-state index in [-0.39, 0.29) is 17.9 Å². The first kappa shape index (κ1) is 13.3. The number of carbonyl (C=O) groups is 2. The van der Waals surface area contributed by atoms with Crippen LogP contribution in [0.1, 0.15) is 19.8 Å². The summed E-state index contributed by atoms with van der Waals surface area (Å²) in [5.74, 6) is -0.0914. The molecule has 2 aliphatic rings. The maximum absolute atomic E-state index is 12.1. The van der Waals surface area contributed by atoms with E-state index in [1.165, 1.54) is 0 Å². The molecule has 2 fully saturated rings. The fraction of sp³-hybridized carbons (Fsp3) is 0.833. The highest BCUT2D eigenvalue weighted by Gasteiger charge is 2.27. The number of nitrogens with zero attached hydrogens (tertiary/aromatic N) is 1. The molecule has 1 unspecified atom stereocenters. The number of nitrogens with one attached hydrogen (secondary N) is 2. The molecule has 18 heavy (non-hydrogen) atoms. The summed E-state index contributed by atoms with van der Waals surface area (Å²) in [6.07, 6.45) is 1.87. The van der Waals surface area contributed by atoms with Gasteiger partial charge in [-0.05, 0) is 26.3 Å². The fourth-order valence-corrected chi connectivity index (χ4v) is 2.34. The summed E-state index contributed by atoms with van der Waals surface area (Å²) in [5, 5.41) is 5.91. The second-order valence-electron chi connectivity index (χ2n) is 4.82. The minimum atomic E-state index is -0.460. The third-order valence-corrected chi connectivity index (χ3v) is 3.43. The van der Waals surface area contributed by atoms with Crippen molar-refractivity contribution in [3.05, 3.63) is 0 Å². The van der Waals surface area contributed by atoms with Crippen molar-refractivity contribution in [1.29, 1.82) is 0 Å². The number of hydrogen-bond acceptors (Lipinski definition) is 4. The zero-order valence-corrected chi connectivity index (χ0v) is 10.8. The van der Waals surface area contributed by atoms with Gasteiger partial charge in [0, 0.05) is 13.1 Å². The lowest BCUT2D eigenvalue weighted by Crippen LogP contribution is -2.53. The number of ether oxygens (including phenoxy) is 1. The van der Waals surface area contributed by atoms with E-state index in [9.17, 15) is 9.59 Å². The number of rotatable bonds is 3. The Labute approximate surface area is 107 Å². The molecule has 0 aromatic rings. The van der Waals surface area contributed by atoms with Crippen LogP contribution in [0.15, 0.2) is 0 Å². The van der Waals surface area contributed by atoms with E-state index in [1.807, 2.05) is 0 Å². The molecule has 0 saturated carbocycles. The number of carbonyl (C=O) groups excluding carboxylic acids is 2. The molecule has 0 radical (unpaired) electrons. The van der Waals surface area contributed by atoms with Crippen LogP contribution in [0.3, 0.4) is 0 Å². The molecular weight excluding hydrogens is 234 g/mol. The predicted molar refractivity (Wildman–Crippen MR) is 66.0 cm³/mol. The lowest BCUT2D eigenvalue weighted by Gasteiger charge is -2.29. The normalized spacial score (nSPS) is 25.8. The van der Waals surface area contributed by atoms with Crippen LogP contribution in [0.25, 0.3) is 0 Å². The molecule has 2 heterocycles. The van der Waals surface area contributed by atoms with Gasteiger partial charge >= 0.3 is 0 Å². The van der Waals surface area contributed by atoms with Gasteiger partial charge in [0.05, 0.1) is 19.3 Å². The van der Waals surface area contributed by atoms with Crippen LogP contribution in [0, 0.1) is 0 Å². The van der Waals surface area contributed by atoms with Crippen molar-refractivity contribution < 1.29 is 14.3 Å². The SMILES string of the molecule is CC(NC(=O)[C@@H]1CCCN1)C(=O)N1CCOCC1. The van der Waals surface area contributed by atoms with Gasteiger partial charge in [0.1, 0.15) is 6.04 Å². The molecule has 2 saturated heterocycles. The number of morpholine rings is 1. The van der Waals surface area contributed by atoms with E-state index < -0.39 is 6.04 Å². The molecule has 6 heteroatoms. The van der Waals surface area contributed by atoms with Gasteiger partial charge in [0.25, 0.3) is 0 Å². The summed E-state index contributed by atoms with van der Waals surface area (Å²) in [4.78, 5) is 25.7. The first-order chi connectivity index (χ1) is 8.68. The van der Waals surface area contributed by atoms with Gasteiger partial charge in [-0.1, -0.05) is 0 Å². The molecule has 102 valence electrons. The summed E-state index contributed by atoms with van der Waals surface area (Å²) in [6.45, 7) is 5.00. The molecule has 0 aliphatic carbocycles. The van der Waals surface area contributed by atoms with Crippen molar-refractivity contribution >= 4 is 11.8 Å². The third-order valence-electron chi connectivity index (χ3n) is 3.43. The summed E-state index contributed by atoms with van der Waals surface area (Å²) < 4.78 is 5.20. The van der Waals surface area contributed by atoms with Crippen molar-refractivity contribution in [1.82, 2.24) is 15.5 Å². The van der Waals surface area contributed by atoms with Crippen molar-refractivity contribution in [3.63, 3.8) is 0 Å². The van der Waals surface area contributed by atoms with Crippen LogP contribution in [-0.2, 0) is 14.3 Å². The zero-order chi connectivity index (χ0) is 13.0. The van der Waals surface area contributed by atoms with E-state index in [1.54, 1.807) is 11.8 Å². The van der Waals surface area contributed by atoms with Crippen molar-refractivity contribution in [3.8, 4) is 0 Å². The highest BCUT2D eigenvalue weighted by Crippen LogP contribution is 2.06. The van der Waals surface area contributed by atoms with Crippen molar-refractivity contribution in [2.24, 2.45) is 0 Å². The number of amides is 2. The minimum Gasteiger partial charge on any atom is -0.378 e. The molecule has 2 amide bonds. The molecule has 2 rings (SSSR count). The number of hydrogen-bond donors (Lipinski definition) is 2. The topological polar surface area (TPSA) is 70.7 Å². The van der Waals surface area contributed by atoms with E-state index in [4.69, 9.17) is 4.74 Å². The molecule has 2 N–H and O–H groups in total. The summed E-state index contributed by atoms with van der Waals surface area (Å²) in [6, 6.07) is -0.595. The Morgan fingerprint density at radius 2 is 2.11 bits per heavy atom. The Balaban J connectivity index is 1.80. The van der Waals surface area contributed by atoms with Crippen LogP contribution in [-0.4, -0.2) is 61.6 Å². The summed E-state index contributed by atoms with van der Waals surface area (Å²) >= 11 is 0. The van der Waals surface area contributed by atoms with Crippen LogP contribution in [0.5, 0.6) is 0 Å². The molecule has 6 nitrogen and oxygen atoms in total. The predicted octanol–water partition coefficient (Wildman–Crippen LogP) is -0.898. The van der Waals surface area contributed by atoms with E-state index in [0.29, 0.717) is 26.3 Å². The average molecular weight is 255 g/mol. The van der Waals surface area contributed by atoms with Gasteiger partial charge in [0.2, 0.25) is 11.8 Å². The monoisotopic (exact) mass is 255 g/mol. The smallest absolute Gasteiger partial charge is 0.245 e. The molecule has 2 aliphatic heterocycles. The Morgan fingerprint density at radius 1 is 1.39 bits per heavy atom. The lowest BCUT2D eigenvalue weighted by molar-refractivity contribution is -0.139. The molecule has 2 atom stereocenters. The molecule has 0 aromatic heterocycles. The molecule has 0 bridgehead atoms. The highest BCUT2D eigenvalue weighted by molar-refractivity contribution is 5.89. The Kier molecular flexibility index (Phi) is 4.54. The average Bonchev–Trinajstić information content (AvgIpc) is 2.92. The Hall–Kier alpha value is -1.14. The van der Waals surface area contributed by atoms with Gasteiger partial charge < -0.3 is 20.3 Å². The van der Waals surface area contributed by atoms with Crippen LogP contribution < -0.4 is 10.6 Å². The fourth-order valence-electron chi connectivity index (χ4n) is 2.34. The first-order valence-electron chi connectivity index (χ1n) is 6.59. The molecule has 0 spiro atoms. The first-order valence-corrected chi connectivity index (χ1v) is 6.59. The van der Waals surface area contributed by atoms with Gasteiger partial charge in [-0.3, -0.25) is 9.59 Å². The van der Waals surface area contributed by atoms with Crippen LogP contribution >= 0.6 is 0 Å². The van der Waals surface area contributed by atoms with Gasteiger partial charge in [-0.15, -0.1) is 0 Å². The van der Waals surface area contributed by atoms with Gasteiger partial charge in [-0.2, -0.15) is 0 Å². The summed E-state index contributed by atoms with van der Waals surface area (Å²) in [5.41, 5.74) is 0. The third kappa shape index (κ3) is 3.20. The minimum absolute atomic E-state index is 0.0235. The van der Waals surface area contributed by atoms with Gasteiger partial charge in [-0.25, -0.2) is 0 Å². The van der Waals surface area contributed by atoms with E-state index in [2.05, 4.69) is 10.6 Å². The molecule has 0 aromatic carbocycles. The van der Waals surface area contributed by atoms with Gasteiger partial charge in [0.15, 0.2) is 0 Å². The second kappa shape index (κ2) is 6.15. The summed E-state index contributed by atoms with van der Waals surface area (Å²) in [7, 11) is 0. The maximum Gasteiger partial charge on any atom is 0.245 e. The highest BCUT2D eigenvalue weighted by atomic mass is 16.5. The molecular formula is C12H21N3O3. The quantitative estimate of drug-likeness (QED) is 0.686. The van der Waals surface area contributed by atoms with E-state index in [0.717, 1.165) is 19.4 Å². The second-order valence-corrected chi connectivity index (χ2v) is 4.82. The lowest BCUT2D eigenvalue weighted by atomic mass is 10.2. The van der Waals surface area contributed by atoms with Crippen molar-refractivity contribution in [2.45, 2.75) is 31.8 Å². The Morgan fingerprint density at radius 3 is 2.72 bits per heavy atom. The largest absolute Gasteiger partial charge is 0.378 e. The van der Waals surface area contributed by atoms with Crippen LogP contribution in [0.4, 0.5) is 0 Å². The van der Waals surface area contributed by atoms with Crippen molar-refractivity contribution in [2.75, 3.05) is 32.8 Å². The van der Waals surface area contributed by atoms with Crippen LogP contribution in [0.2, 0.25) is 0 Å².